The third kappa shape index (κ3) is 3.45. The van der Waals surface area contributed by atoms with E-state index in [4.69, 9.17) is 4.98 Å². The van der Waals surface area contributed by atoms with Crippen LogP contribution in [-0.4, -0.2) is 55.4 Å². The molecule has 5 heteroatoms. The number of para-hydroxylation sites is 2. The highest BCUT2D eigenvalue weighted by atomic mass is 15.4. The fourth-order valence-electron chi connectivity index (χ4n) is 4.62. The molecule has 2 N–H and O–H groups in total. The van der Waals surface area contributed by atoms with Crippen molar-refractivity contribution >= 4 is 17.0 Å². The van der Waals surface area contributed by atoms with Gasteiger partial charge >= 0.3 is 0 Å². The highest BCUT2D eigenvalue weighted by Crippen LogP contribution is 2.26. The zero-order valence-electron chi connectivity index (χ0n) is 15.9. The van der Waals surface area contributed by atoms with Gasteiger partial charge in [0, 0.05) is 18.7 Å². The molecule has 27 heavy (non-hydrogen) atoms. The van der Waals surface area contributed by atoms with Crippen molar-refractivity contribution in [2.75, 3.05) is 50.7 Å². The molecule has 140 valence electrons. The molecule has 5 rings (SSSR count). The summed E-state index contributed by atoms with van der Waals surface area (Å²) in [6, 6.07) is 19.4. The van der Waals surface area contributed by atoms with Gasteiger partial charge in [0.15, 0.2) is 0 Å². The highest BCUT2D eigenvalue weighted by molar-refractivity contribution is 5.79. The van der Waals surface area contributed by atoms with Gasteiger partial charge in [0.05, 0.1) is 24.1 Å². The van der Waals surface area contributed by atoms with Crippen LogP contribution in [-0.2, 0) is 13.1 Å². The number of benzene rings is 2. The Kier molecular flexibility index (Phi) is 4.56. The lowest BCUT2D eigenvalue weighted by Gasteiger charge is -2.30. The molecule has 3 heterocycles. The molecule has 0 aliphatic carbocycles. The maximum Gasteiger partial charge on any atom is 0.206 e. The number of nitrogens with one attached hydrogen (secondary N) is 2. The number of quaternary nitrogens is 2. The molecule has 0 bridgehead atoms. The van der Waals surface area contributed by atoms with Gasteiger partial charge in [-0.2, -0.15) is 0 Å². The van der Waals surface area contributed by atoms with Gasteiger partial charge < -0.3 is 19.3 Å². The molecule has 0 saturated carbocycles. The van der Waals surface area contributed by atoms with Crippen molar-refractivity contribution < 1.29 is 9.80 Å². The van der Waals surface area contributed by atoms with Gasteiger partial charge in [-0.25, -0.2) is 4.98 Å². The number of piperazine rings is 1. The molecule has 0 atom stereocenters. The third-order valence-electron chi connectivity index (χ3n) is 6.21. The second-order valence-electron chi connectivity index (χ2n) is 7.95. The lowest BCUT2D eigenvalue weighted by atomic mass is 10.2. The molecule has 1 aromatic heterocycles. The van der Waals surface area contributed by atoms with E-state index in [1.807, 2.05) is 0 Å². The zero-order valence-corrected chi connectivity index (χ0v) is 15.9. The average Bonchev–Trinajstić information content (AvgIpc) is 3.28. The number of fused-ring (bicyclic) bond motifs is 3. The first kappa shape index (κ1) is 16.8. The smallest absolute Gasteiger partial charge is 0.206 e. The molecule has 0 spiro atoms. The van der Waals surface area contributed by atoms with E-state index in [9.17, 15) is 0 Å². The summed E-state index contributed by atoms with van der Waals surface area (Å²) in [5, 5.41) is 0. The largest absolute Gasteiger partial charge is 0.335 e. The van der Waals surface area contributed by atoms with E-state index in [1.165, 1.54) is 56.3 Å². The van der Waals surface area contributed by atoms with Gasteiger partial charge in [0.1, 0.15) is 32.7 Å². The minimum absolute atomic E-state index is 1.07. The Morgan fingerprint density at radius 2 is 1.56 bits per heavy atom. The molecule has 2 aliphatic rings. The molecule has 1 fully saturated rings. The summed E-state index contributed by atoms with van der Waals surface area (Å²) >= 11 is 0. The summed E-state index contributed by atoms with van der Waals surface area (Å²) in [6.45, 7) is 10.8. The maximum atomic E-state index is 4.87. The number of nitrogens with zero attached hydrogens (tertiary/aromatic N) is 3. The Balaban J connectivity index is 1.14. The molecule has 0 unspecified atom stereocenters. The van der Waals surface area contributed by atoms with Crippen molar-refractivity contribution in [3.63, 3.8) is 0 Å². The predicted octanol–water partition coefficient (Wildman–Crippen LogP) is -0.160. The topological polar surface area (TPSA) is 29.9 Å². The van der Waals surface area contributed by atoms with E-state index in [0.29, 0.717) is 0 Å². The van der Waals surface area contributed by atoms with Crippen molar-refractivity contribution in [3.8, 4) is 0 Å². The number of rotatable bonds is 5. The minimum atomic E-state index is 1.07. The molecule has 2 aromatic carbocycles. The van der Waals surface area contributed by atoms with E-state index in [-0.39, 0.29) is 0 Å². The fraction of sp³-hybridized carbons (Fsp3) is 0.409. The molecular weight excluding hydrogens is 334 g/mol. The van der Waals surface area contributed by atoms with Crippen LogP contribution in [0, 0.1) is 0 Å². The van der Waals surface area contributed by atoms with Crippen LogP contribution in [0.25, 0.3) is 11.0 Å². The van der Waals surface area contributed by atoms with Crippen LogP contribution in [0.1, 0.15) is 5.56 Å². The van der Waals surface area contributed by atoms with E-state index >= 15 is 0 Å². The van der Waals surface area contributed by atoms with E-state index in [1.54, 1.807) is 9.80 Å². The minimum Gasteiger partial charge on any atom is -0.335 e. The Hall–Kier alpha value is -2.37. The zero-order chi connectivity index (χ0) is 18.1. The monoisotopic (exact) mass is 363 g/mol. The molecular formula is C22H29N5+2. The van der Waals surface area contributed by atoms with Crippen LogP contribution in [0.5, 0.6) is 0 Å². The summed E-state index contributed by atoms with van der Waals surface area (Å²) in [5.74, 6) is 1.17. The van der Waals surface area contributed by atoms with Crippen LogP contribution in [0.15, 0.2) is 54.6 Å². The highest BCUT2D eigenvalue weighted by Gasteiger charge is 2.27. The van der Waals surface area contributed by atoms with Gasteiger partial charge in [0.25, 0.3) is 0 Å². The summed E-state index contributed by atoms with van der Waals surface area (Å²) in [6.07, 6.45) is 0. The van der Waals surface area contributed by atoms with Crippen LogP contribution in [0.2, 0.25) is 0 Å². The van der Waals surface area contributed by atoms with Crippen LogP contribution < -0.4 is 14.7 Å². The summed E-state index contributed by atoms with van der Waals surface area (Å²) in [5.41, 5.74) is 3.87. The van der Waals surface area contributed by atoms with Crippen molar-refractivity contribution in [1.82, 2.24) is 9.55 Å². The Labute approximate surface area is 160 Å². The first-order valence-electron chi connectivity index (χ1n) is 10.3. The quantitative estimate of drug-likeness (QED) is 0.660. The van der Waals surface area contributed by atoms with Gasteiger partial charge in [0.2, 0.25) is 5.95 Å². The number of hydrogen-bond acceptors (Lipinski definition) is 2. The van der Waals surface area contributed by atoms with Crippen LogP contribution >= 0.6 is 0 Å². The molecule has 2 aliphatic heterocycles. The molecule has 0 radical (unpaired) electrons. The maximum absolute atomic E-state index is 4.87. The lowest BCUT2D eigenvalue weighted by molar-refractivity contribution is -1.02. The van der Waals surface area contributed by atoms with Gasteiger partial charge in [-0.3, -0.25) is 0 Å². The second kappa shape index (κ2) is 7.33. The normalized spacial score (nSPS) is 22.3. The predicted molar refractivity (Wildman–Crippen MR) is 108 cm³/mol. The van der Waals surface area contributed by atoms with Gasteiger partial charge in [-0.05, 0) is 12.1 Å². The average molecular weight is 364 g/mol. The van der Waals surface area contributed by atoms with Gasteiger partial charge in [-0.1, -0.05) is 42.5 Å². The number of anilines is 1. The summed E-state index contributed by atoms with van der Waals surface area (Å²) in [7, 11) is 0. The summed E-state index contributed by atoms with van der Waals surface area (Å²) < 4.78 is 2.38. The Bertz CT molecular complexity index is 895. The van der Waals surface area contributed by atoms with Crippen LogP contribution in [0.4, 0.5) is 5.95 Å². The van der Waals surface area contributed by atoms with Crippen molar-refractivity contribution in [3.05, 3.63) is 60.2 Å². The van der Waals surface area contributed by atoms with Crippen molar-refractivity contribution in [2.24, 2.45) is 0 Å². The standard InChI is InChI=1S/C22H27N5/c1-2-6-19(7-3-1)18-25-12-10-24(11-13-25)14-15-26-16-17-27-21-9-5-4-8-20(21)23-22(26)27/h1-9H,10-18H2/p+2. The van der Waals surface area contributed by atoms with Gasteiger partial charge in [-0.15, -0.1) is 0 Å². The first-order valence-corrected chi connectivity index (χ1v) is 10.3. The SMILES string of the molecule is c1ccc(C[NH+]2CC[NH+](CCN3CCn4c3nc3ccccc34)CC2)cc1. The fourth-order valence-corrected chi connectivity index (χ4v) is 4.62. The van der Waals surface area contributed by atoms with Crippen molar-refractivity contribution in [2.45, 2.75) is 13.1 Å². The molecule has 0 amide bonds. The molecule has 3 aromatic rings. The molecule has 1 saturated heterocycles. The third-order valence-corrected chi connectivity index (χ3v) is 6.21. The number of imidazole rings is 1. The summed E-state index contributed by atoms with van der Waals surface area (Å²) in [4.78, 5) is 10.8. The van der Waals surface area contributed by atoms with Crippen molar-refractivity contribution in [1.29, 1.82) is 0 Å². The first-order chi connectivity index (χ1) is 13.4. The number of hydrogen-bond donors (Lipinski definition) is 2. The van der Waals surface area contributed by atoms with E-state index in [2.05, 4.69) is 64.1 Å². The second-order valence-corrected chi connectivity index (χ2v) is 7.95. The van der Waals surface area contributed by atoms with Crippen LogP contribution in [0.3, 0.4) is 0 Å². The Morgan fingerprint density at radius 3 is 2.41 bits per heavy atom. The number of aromatic nitrogens is 2. The van der Waals surface area contributed by atoms with E-state index < -0.39 is 0 Å². The lowest BCUT2D eigenvalue weighted by Crippen LogP contribution is -3.27. The Morgan fingerprint density at radius 1 is 0.815 bits per heavy atom. The van der Waals surface area contributed by atoms with E-state index in [0.717, 1.165) is 25.2 Å². The molecule has 5 nitrogen and oxygen atoms in total.